The van der Waals surface area contributed by atoms with Gasteiger partial charge in [-0.25, -0.2) is 0 Å². The summed E-state index contributed by atoms with van der Waals surface area (Å²) in [5, 5.41) is 2.13. The predicted molar refractivity (Wildman–Crippen MR) is 58.7 cm³/mol. The van der Waals surface area contributed by atoms with E-state index in [1.807, 2.05) is 11.3 Å². The number of thiophene rings is 1. The van der Waals surface area contributed by atoms with E-state index in [2.05, 4.69) is 29.9 Å². The minimum Gasteiger partial charge on any atom is -0.271 e. The van der Waals surface area contributed by atoms with Gasteiger partial charge in [0.05, 0.1) is 0 Å². The Balaban J connectivity index is 2.13. The van der Waals surface area contributed by atoms with Gasteiger partial charge < -0.3 is 0 Å². The molecule has 0 saturated carbocycles. The fourth-order valence-corrected chi connectivity index (χ4v) is 2.13. The Labute approximate surface area is 84.1 Å². The van der Waals surface area contributed by atoms with E-state index < -0.39 is 0 Å². The molecule has 1 aromatic heterocycles. The zero-order valence-electron chi connectivity index (χ0n) is 8.12. The van der Waals surface area contributed by atoms with Crippen molar-refractivity contribution in [1.82, 2.24) is 5.43 Å². The van der Waals surface area contributed by atoms with Crippen LogP contribution in [0.3, 0.4) is 0 Å². The lowest BCUT2D eigenvalue weighted by atomic mass is 10.1. The van der Waals surface area contributed by atoms with Crippen LogP contribution >= 0.6 is 11.3 Å². The number of hydrazine groups is 1. The van der Waals surface area contributed by atoms with E-state index in [1.165, 1.54) is 24.1 Å². The summed E-state index contributed by atoms with van der Waals surface area (Å²) >= 11 is 1.84. The van der Waals surface area contributed by atoms with Gasteiger partial charge >= 0.3 is 0 Å². The Bertz CT molecular complexity index is 205. The maximum atomic E-state index is 5.40. The molecule has 0 radical (unpaired) electrons. The zero-order valence-corrected chi connectivity index (χ0v) is 8.94. The summed E-state index contributed by atoms with van der Waals surface area (Å²) in [6.07, 6.45) is 4.70. The Morgan fingerprint density at radius 3 is 3.00 bits per heavy atom. The highest BCUT2D eigenvalue weighted by Gasteiger charge is 2.02. The number of aryl methyl sites for hydroxylation is 1. The van der Waals surface area contributed by atoms with E-state index in [0.29, 0.717) is 6.04 Å². The molecule has 2 nitrogen and oxygen atoms in total. The van der Waals surface area contributed by atoms with Gasteiger partial charge in [-0.2, -0.15) is 0 Å². The summed E-state index contributed by atoms with van der Waals surface area (Å²) in [6.45, 7) is 2.16. The van der Waals surface area contributed by atoms with Crippen molar-refractivity contribution >= 4 is 11.3 Å². The second kappa shape index (κ2) is 6.13. The van der Waals surface area contributed by atoms with Crippen LogP contribution in [0, 0.1) is 0 Å². The van der Waals surface area contributed by atoms with E-state index >= 15 is 0 Å². The quantitative estimate of drug-likeness (QED) is 0.544. The lowest BCUT2D eigenvalue weighted by Crippen LogP contribution is -2.34. The highest BCUT2D eigenvalue weighted by molar-refractivity contribution is 7.09. The summed E-state index contributed by atoms with van der Waals surface area (Å²) < 4.78 is 0. The topological polar surface area (TPSA) is 38.0 Å². The lowest BCUT2D eigenvalue weighted by Gasteiger charge is -2.12. The molecule has 1 rings (SSSR count). The lowest BCUT2D eigenvalue weighted by molar-refractivity contribution is 0.467. The average molecular weight is 198 g/mol. The largest absolute Gasteiger partial charge is 0.271 e. The van der Waals surface area contributed by atoms with Gasteiger partial charge in [0.25, 0.3) is 0 Å². The third-order valence-electron chi connectivity index (χ3n) is 2.28. The van der Waals surface area contributed by atoms with Crippen LogP contribution in [-0.2, 0) is 6.42 Å². The van der Waals surface area contributed by atoms with E-state index in [-0.39, 0.29) is 0 Å². The first-order valence-electron chi connectivity index (χ1n) is 4.85. The minimum atomic E-state index is 0.486. The van der Waals surface area contributed by atoms with Crippen LogP contribution in [0.2, 0.25) is 0 Å². The summed E-state index contributed by atoms with van der Waals surface area (Å²) in [7, 11) is 0. The second-order valence-corrected chi connectivity index (χ2v) is 4.28. The van der Waals surface area contributed by atoms with Crippen LogP contribution in [-0.4, -0.2) is 6.04 Å². The van der Waals surface area contributed by atoms with Gasteiger partial charge in [-0.05, 0) is 37.1 Å². The van der Waals surface area contributed by atoms with Crippen molar-refractivity contribution in [3.05, 3.63) is 22.4 Å². The molecule has 74 valence electrons. The Hall–Kier alpha value is -0.380. The van der Waals surface area contributed by atoms with E-state index in [0.717, 1.165) is 6.42 Å². The molecule has 0 aliphatic heterocycles. The predicted octanol–water partition coefficient (Wildman–Crippen LogP) is 2.31. The third-order valence-corrected chi connectivity index (χ3v) is 3.22. The van der Waals surface area contributed by atoms with Crippen molar-refractivity contribution in [3.63, 3.8) is 0 Å². The first-order chi connectivity index (χ1) is 6.36. The molecule has 1 aromatic rings. The number of hydrogen-bond donors (Lipinski definition) is 2. The molecule has 1 atom stereocenters. The molecule has 0 amide bonds. The summed E-state index contributed by atoms with van der Waals surface area (Å²) in [4.78, 5) is 1.48. The monoisotopic (exact) mass is 198 g/mol. The Morgan fingerprint density at radius 1 is 1.62 bits per heavy atom. The maximum Gasteiger partial charge on any atom is 0.0208 e. The van der Waals surface area contributed by atoms with E-state index in [1.54, 1.807) is 0 Å². The Morgan fingerprint density at radius 2 is 2.46 bits per heavy atom. The van der Waals surface area contributed by atoms with Gasteiger partial charge in [0, 0.05) is 10.9 Å². The first-order valence-corrected chi connectivity index (χ1v) is 5.73. The van der Waals surface area contributed by atoms with Gasteiger partial charge in [-0.3, -0.25) is 11.3 Å². The van der Waals surface area contributed by atoms with Crippen LogP contribution in [0.25, 0.3) is 0 Å². The van der Waals surface area contributed by atoms with Gasteiger partial charge in [-0.1, -0.05) is 13.0 Å². The van der Waals surface area contributed by atoms with Crippen LogP contribution < -0.4 is 11.3 Å². The van der Waals surface area contributed by atoms with Gasteiger partial charge in [-0.15, -0.1) is 11.3 Å². The summed E-state index contributed by atoms with van der Waals surface area (Å²) in [5.41, 5.74) is 2.84. The average Bonchev–Trinajstić information content (AvgIpc) is 2.65. The summed E-state index contributed by atoms with van der Waals surface area (Å²) in [5.74, 6) is 5.40. The van der Waals surface area contributed by atoms with Crippen molar-refractivity contribution in [2.45, 2.75) is 38.6 Å². The minimum absolute atomic E-state index is 0.486. The molecule has 0 spiro atoms. The highest BCUT2D eigenvalue weighted by atomic mass is 32.1. The molecule has 0 bridgehead atoms. The third kappa shape index (κ3) is 3.89. The van der Waals surface area contributed by atoms with E-state index in [9.17, 15) is 0 Å². The second-order valence-electron chi connectivity index (χ2n) is 3.24. The molecule has 0 aromatic carbocycles. The molecule has 13 heavy (non-hydrogen) atoms. The molecule has 3 N–H and O–H groups in total. The number of hydrogen-bond acceptors (Lipinski definition) is 3. The standard InChI is InChI=1S/C10H18N2S/c1-2-9(12-11)5-3-6-10-7-4-8-13-10/h4,7-9,12H,2-3,5-6,11H2,1H3. The SMILES string of the molecule is CCC(CCCc1cccs1)NN. The molecular weight excluding hydrogens is 180 g/mol. The molecule has 0 aliphatic rings. The van der Waals surface area contributed by atoms with Crippen molar-refractivity contribution in [1.29, 1.82) is 0 Å². The molecule has 1 heterocycles. The van der Waals surface area contributed by atoms with Crippen molar-refractivity contribution in [3.8, 4) is 0 Å². The van der Waals surface area contributed by atoms with Gasteiger partial charge in [0.1, 0.15) is 0 Å². The van der Waals surface area contributed by atoms with Crippen LogP contribution in [0.1, 0.15) is 31.1 Å². The van der Waals surface area contributed by atoms with Crippen LogP contribution in [0.15, 0.2) is 17.5 Å². The normalized spacial score (nSPS) is 13.1. The van der Waals surface area contributed by atoms with Crippen molar-refractivity contribution < 1.29 is 0 Å². The molecule has 3 heteroatoms. The first kappa shape index (κ1) is 10.7. The van der Waals surface area contributed by atoms with Gasteiger partial charge in [0.2, 0.25) is 0 Å². The van der Waals surface area contributed by atoms with Crippen LogP contribution in [0.5, 0.6) is 0 Å². The molecule has 0 fully saturated rings. The molecule has 0 saturated heterocycles. The van der Waals surface area contributed by atoms with Crippen molar-refractivity contribution in [2.75, 3.05) is 0 Å². The number of nitrogens with two attached hydrogens (primary N) is 1. The molecule has 1 unspecified atom stereocenters. The number of nitrogens with one attached hydrogen (secondary N) is 1. The smallest absolute Gasteiger partial charge is 0.0208 e. The summed E-state index contributed by atoms with van der Waals surface area (Å²) in [6, 6.07) is 4.79. The number of rotatable bonds is 6. The molecule has 0 aliphatic carbocycles. The highest BCUT2D eigenvalue weighted by Crippen LogP contribution is 2.13. The fraction of sp³-hybridized carbons (Fsp3) is 0.600. The van der Waals surface area contributed by atoms with Crippen LogP contribution in [0.4, 0.5) is 0 Å². The maximum absolute atomic E-state index is 5.40. The van der Waals surface area contributed by atoms with E-state index in [4.69, 9.17) is 5.84 Å². The Kier molecular flexibility index (Phi) is 5.05. The fourth-order valence-electron chi connectivity index (χ4n) is 1.38. The van der Waals surface area contributed by atoms with Crippen molar-refractivity contribution in [2.24, 2.45) is 5.84 Å². The zero-order chi connectivity index (χ0) is 9.52. The molecular formula is C10H18N2S. The van der Waals surface area contributed by atoms with Gasteiger partial charge in [0.15, 0.2) is 0 Å².